The molecule has 204 valence electrons. The van der Waals surface area contributed by atoms with Gasteiger partial charge in [-0.3, -0.25) is 0 Å². The molecule has 42 heavy (non-hydrogen) atoms. The fourth-order valence-electron chi connectivity index (χ4n) is 7.61. The third-order valence-corrected chi connectivity index (χ3v) is 11.6. The SMILES string of the molecule is CC1(C)OB(c2ccc3c(c2)Pc2ccccc2C32c3ccccc3-n3c4ccccc4c4cccc2c43)OC1(C)C. The summed E-state index contributed by atoms with van der Waals surface area (Å²) in [5, 5.41) is 5.35. The number of para-hydroxylation sites is 3. The first-order valence-corrected chi connectivity index (χ1v) is 15.8. The molecule has 0 N–H and O–H groups in total. The molecule has 3 aliphatic heterocycles. The number of hydrogen-bond acceptors (Lipinski definition) is 2. The topological polar surface area (TPSA) is 23.4 Å². The van der Waals surface area contributed by atoms with E-state index in [0.717, 1.165) is 5.46 Å². The summed E-state index contributed by atoms with van der Waals surface area (Å²) in [7, 11) is 0.164. The van der Waals surface area contributed by atoms with Crippen molar-refractivity contribution in [2.24, 2.45) is 0 Å². The summed E-state index contributed by atoms with van der Waals surface area (Å²) in [5.41, 5.74) is 9.12. The summed E-state index contributed by atoms with van der Waals surface area (Å²) in [5.74, 6) is 0. The second-order valence-electron chi connectivity index (χ2n) is 12.9. The number of fused-ring (bicyclic) bond motifs is 11. The van der Waals surface area contributed by atoms with E-state index in [0.29, 0.717) is 8.58 Å². The van der Waals surface area contributed by atoms with Gasteiger partial charge in [-0.05, 0) is 78.2 Å². The molecule has 5 aromatic carbocycles. The second kappa shape index (κ2) is 8.23. The maximum Gasteiger partial charge on any atom is 0.494 e. The monoisotopic (exact) mass is 563 g/mol. The lowest BCUT2D eigenvalue weighted by molar-refractivity contribution is 0.00578. The molecule has 6 aromatic rings. The Balaban J connectivity index is 1.39. The predicted octanol–water partition coefficient (Wildman–Crippen LogP) is 6.72. The van der Waals surface area contributed by atoms with E-state index in [1.807, 2.05) is 0 Å². The van der Waals surface area contributed by atoms with Gasteiger partial charge in [0.15, 0.2) is 0 Å². The third kappa shape index (κ3) is 2.98. The van der Waals surface area contributed by atoms with Gasteiger partial charge in [0, 0.05) is 10.8 Å². The van der Waals surface area contributed by atoms with Crippen molar-refractivity contribution in [1.29, 1.82) is 0 Å². The number of hydrogen-bond donors (Lipinski definition) is 0. The molecule has 3 nitrogen and oxygen atoms in total. The van der Waals surface area contributed by atoms with Gasteiger partial charge in [-0.25, -0.2) is 0 Å². The van der Waals surface area contributed by atoms with Crippen molar-refractivity contribution >= 4 is 53.6 Å². The van der Waals surface area contributed by atoms with Gasteiger partial charge in [0.1, 0.15) is 0 Å². The highest BCUT2D eigenvalue weighted by molar-refractivity contribution is 7.56. The standard InChI is InChI=1S/C37H31BNO2P/c1-35(2)36(3,4)41-38(40-35)23-20-21-28-33(22-23)42-32-19-10-7-15-27(32)37(28)26-14-6-9-18-31(26)39-30-17-8-5-12-24(30)25-13-11-16-29(37)34(25)39/h5-22,42H,1-4H3. The van der Waals surface area contributed by atoms with Crippen LogP contribution in [0.4, 0.5) is 0 Å². The van der Waals surface area contributed by atoms with Crippen LogP contribution in [0.3, 0.4) is 0 Å². The highest BCUT2D eigenvalue weighted by Crippen LogP contribution is 2.55. The molecule has 2 atom stereocenters. The zero-order chi connectivity index (χ0) is 28.4. The van der Waals surface area contributed by atoms with Gasteiger partial charge in [-0.15, -0.1) is 0 Å². The van der Waals surface area contributed by atoms with Gasteiger partial charge < -0.3 is 13.9 Å². The molecule has 5 heteroatoms. The van der Waals surface area contributed by atoms with Crippen LogP contribution in [0.5, 0.6) is 0 Å². The Hall–Kier alpha value is -3.69. The van der Waals surface area contributed by atoms with E-state index in [1.54, 1.807) is 0 Å². The Morgan fingerprint density at radius 3 is 2.07 bits per heavy atom. The van der Waals surface area contributed by atoms with E-state index in [1.165, 1.54) is 60.4 Å². The van der Waals surface area contributed by atoms with Crippen LogP contribution in [0.1, 0.15) is 49.9 Å². The fourth-order valence-corrected chi connectivity index (χ4v) is 9.13. The molecule has 4 heterocycles. The third-order valence-electron chi connectivity index (χ3n) is 10.2. The summed E-state index contributed by atoms with van der Waals surface area (Å²) in [6, 6.07) is 40.8. The first-order valence-electron chi connectivity index (χ1n) is 14.8. The molecule has 0 bridgehead atoms. The molecular formula is C37H31BNO2P. The van der Waals surface area contributed by atoms with Gasteiger partial charge in [0.05, 0.1) is 33.3 Å². The molecule has 1 aromatic heterocycles. The minimum atomic E-state index is -0.438. The molecule has 1 saturated heterocycles. The van der Waals surface area contributed by atoms with Crippen molar-refractivity contribution in [2.75, 3.05) is 0 Å². The number of aromatic nitrogens is 1. The Morgan fingerprint density at radius 1 is 0.595 bits per heavy atom. The quantitative estimate of drug-likeness (QED) is 0.164. The van der Waals surface area contributed by atoms with E-state index >= 15 is 0 Å². The molecule has 0 saturated carbocycles. The van der Waals surface area contributed by atoms with Gasteiger partial charge in [-0.1, -0.05) is 106 Å². The lowest BCUT2D eigenvalue weighted by Crippen LogP contribution is -2.46. The zero-order valence-electron chi connectivity index (χ0n) is 24.2. The molecule has 0 aliphatic carbocycles. The van der Waals surface area contributed by atoms with Crippen molar-refractivity contribution in [3.63, 3.8) is 0 Å². The molecule has 9 rings (SSSR count). The normalized spacial score (nSPS) is 21.6. The summed E-state index contributed by atoms with van der Waals surface area (Å²) in [6.45, 7) is 8.49. The zero-order valence-corrected chi connectivity index (χ0v) is 25.2. The second-order valence-corrected chi connectivity index (χ2v) is 14.2. The van der Waals surface area contributed by atoms with Crippen LogP contribution < -0.4 is 16.1 Å². The van der Waals surface area contributed by atoms with Crippen LogP contribution in [-0.2, 0) is 14.7 Å². The minimum absolute atomic E-state index is 0.380. The van der Waals surface area contributed by atoms with Crippen LogP contribution in [0.25, 0.3) is 27.5 Å². The largest absolute Gasteiger partial charge is 0.494 e. The Bertz CT molecular complexity index is 2090. The highest BCUT2D eigenvalue weighted by atomic mass is 31.1. The minimum Gasteiger partial charge on any atom is -0.399 e. The number of rotatable bonds is 1. The van der Waals surface area contributed by atoms with Crippen LogP contribution >= 0.6 is 8.58 Å². The Labute approximate surface area is 248 Å². The van der Waals surface area contributed by atoms with E-state index in [4.69, 9.17) is 9.31 Å². The summed E-state index contributed by atoms with van der Waals surface area (Å²) in [4.78, 5) is 0. The molecule has 1 spiro atoms. The van der Waals surface area contributed by atoms with E-state index in [-0.39, 0.29) is 18.3 Å². The molecule has 0 radical (unpaired) electrons. The molecule has 2 unspecified atom stereocenters. The van der Waals surface area contributed by atoms with E-state index in [2.05, 4.69) is 141 Å². The van der Waals surface area contributed by atoms with Crippen LogP contribution in [-0.4, -0.2) is 22.9 Å². The molecule has 0 amide bonds. The average molecular weight is 563 g/mol. The first-order chi connectivity index (χ1) is 20.3. The van der Waals surface area contributed by atoms with Crippen molar-refractivity contribution in [3.05, 3.63) is 131 Å². The maximum atomic E-state index is 6.51. The fraction of sp³-hybridized carbons (Fsp3) is 0.189. The summed E-state index contributed by atoms with van der Waals surface area (Å²) >= 11 is 0. The molecule has 3 aliphatic rings. The van der Waals surface area contributed by atoms with Crippen molar-refractivity contribution in [1.82, 2.24) is 4.57 Å². The van der Waals surface area contributed by atoms with Crippen molar-refractivity contribution in [2.45, 2.75) is 44.3 Å². The van der Waals surface area contributed by atoms with E-state index in [9.17, 15) is 0 Å². The lowest BCUT2D eigenvalue weighted by Gasteiger charge is -2.45. The van der Waals surface area contributed by atoms with Crippen LogP contribution in [0, 0.1) is 0 Å². The average Bonchev–Trinajstić information content (AvgIpc) is 3.45. The van der Waals surface area contributed by atoms with Crippen molar-refractivity contribution < 1.29 is 9.31 Å². The Morgan fingerprint density at radius 2 is 1.24 bits per heavy atom. The Kier molecular flexibility index (Phi) is 4.87. The summed E-state index contributed by atoms with van der Waals surface area (Å²) in [6.07, 6.45) is 0. The molecule has 1 fully saturated rings. The van der Waals surface area contributed by atoms with E-state index < -0.39 is 5.41 Å². The molecular weight excluding hydrogens is 532 g/mol. The number of nitrogens with zero attached hydrogens (tertiary/aromatic N) is 1. The lowest BCUT2D eigenvalue weighted by atomic mass is 9.62. The summed E-state index contributed by atoms with van der Waals surface area (Å²) < 4.78 is 15.5. The van der Waals surface area contributed by atoms with Crippen LogP contribution in [0.2, 0.25) is 0 Å². The van der Waals surface area contributed by atoms with Gasteiger partial charge in [0.2, 0.25) is 0 Å². The predicted molar refractivity (Wildman–Crippen MR) is 176 cm³/mol. The van der Waals surface area contributed by atoms with Gasteiger partial charge in [-0.2, -0.15) is 0 Å². The van der Waals surface area contributed by atoms with Gasteiger partial charge in [0.25, 0.3) is 0 Å². The first kappa shape index (κ1) is 24.9. The van der Waals surface area contributed by atoms with Crippen LogP contribution in [0.15, 0.2) is 109 Å². The van der Waals surface area contributed by atoms with Crippen molar-refractivity contribution in [3.8, 4) is 5.69 Å². The van der Waals surface area contributed by atoms with Gasteiger partial charge >= 0.3 is 7.12 Å². The number of benzene rings is 5. The smallest absolute Gasteiger partial charge is 0.399 e. The maximum absolute atomic E-state index is 6.51. The highest BCUT2D eigenvalue weighted by Gasteiger charge is 2.53.